The maximum absolute atomic E-state index is 8.53. The summed E-state index contributed by atoms with van der Waals surface area (Å²) in [6, 6.07) is 0. The normalized spacial score (nSPS) is 19.9. The van der Waals surface area contributed by atoms with Crippen LogP contribution in [0.5, 0.6) is 0 Å². The molecule has 5 heteroatoms. The molecule has 0 bridgehead atoms. The van der Waals surface area contributed by atoms with E-state index in [1.165, 1.54) is 5.57 Å². The SMILES string of the molecule is CCC(C)(CC)C1=CC([SiH](OCN=[N+]=[N-])C(C)(C)CC)CC=C1. The average molecular weight is 336 g/mol. The van der Waals surface area contributed by atoms with Gasteiger partial charge in [0.25, 0.3) is 0 Å². The molecule has 0 heterocycles. The van der Waals surface area contributed by atoms with E-state index in [9.17, 15) is 0 Å². The Bertz CT molecular complexity index is 488. The maximum Gasteiger partial charge on any atom is 0.189 e. The summed E-state index contributed by atoms with van der Waals surface area (Å²) in [5, 5.41) is 3.79. The van der Waals surface area contributed by atoms with Crippen LogP contribution in [0, 0.1) is 5.41 Å². The zero-order chi connectivity index (χ0) is 17.5. The summed E-state index contributed by atoms with van der Waals surface area (Å²) < 4.78 is 6.15. The molecular formula is C18H33N3OSi. The van der Waals surface area contributed by atoms with Gasteiger partial charge in [0.05, 0.1) is 0 Å². The lowest BCUT2D eigenvalue weighted by Crippen LogP contribution is -2.36. The van der Waals surface area contributed by atoms with E-state index in [2.05, 4.69) is 69.8 Å². The van der Waals surface area contributed by atoms with Crippen molar-refractivity contribution in [3.8, 4) is 0 Å². The summed E-state index contributed by atoms with van der Waals surface area (Å²) in [5.74, 6) is 0. The van der Waals surface area contributed by atoms with Crippen LogP contribution in [0.3, 0.4) is 0 Å². The quantitative estimate of drug-likeness (QED) is 0.212. The molecule has 0 aromatic heterocycles. The van der Waals surface area contributed by atoms with Gasteiger partial charge in [-0.05, 0) is 46.4 Å². The molecule has 0 amide bonds. The van der Waals surface area contributed by atoms with Gasteiger partial charge in [-0.1, -0.05) is 71.3 Å². The second-order valence-electron chi connectivity index (χ2n) is 7.48. The standard InChI is InChI=1S/C18H33N3OSi/c1-7-17(4,5)23(22-14-20-21-19)16-12-10-11-15(13-16)18(6,8-2)9-3/h10-11,13,16,23H,7-9,12,14H2,1-6H3. The molecule has 0 spiro atoms. The van der Waals surface area contributed by atoms with Crippen LogP contribution in [0.15, 0.2) is 28.9 Å². The van der Waals surface area contributed by atoms with E-state index in [0.717, 1.165) is 25.7 Å². The molecule has 0 aromatic rings. The van der Waals surface area contributed by atoms with Gasteiger partial charge >= 0.3 is 0 Å². The van der Waals surface area contributed by atoms with Gasteiger partial charge in [0.2, 0.25) is 0 Å². The molecule has 1 aliphatic rings. The Kier molecular flexibility index (Phi) is 7.58. The number of allylic oxidation sites excluding steroid dienone is 4. The van der Waals surface area contributed by atoms with Gasteiger partial charge in [-0.15, -0.1) is 0 Å². The third kappa shape index (κ3) is 4.97. The van der Waals surface area contributed by atoms with E-state index >= 15 is 0 Å². The highest BCUT2D eigenvalue weighted by atomic mass is 28.3. The second-order valence-corrected chi connectivity index (χ2v) is 11.1. The Morgan fingerprint density at radius 2 is 1.91 bits per heavy atom. The molecule has 4 nitrogen and oxygen atoms in total. The predicted molar refractivity (Wildman–Crippen MR) is 101 cm³/mol. The molecule has 23 heavy (non-hydrogen) atoms. The van der Waals surface area contributed by atoms with Crippen LogP contribution in [0.2, 0.25) is 10.6 Å². The number of rotatable bonds is 9. The molecule has 0 saturated carbocycles. The van der Waals surface area contributed by atoms with Crippen molar-refractivity contribution in [2.45, 2.75) is 77.8 Å². The minimum absolute atomic E-state index is 0.166. The van der Waals surface area contributed by atoms with Gasteiger partial charge in [-0.3, -0.25) is 0 Å². The zero-order valence-corrected chi connectivity index (χ0v) is 16.8. The summed E-state index contributed by atoms with van der Waals surface area (Å²) in [4.78, 5) is 2.83. The molecule has 0 radical (unpaired) electrons. The van der Waals surface area contributed by atoms with Gasteiger partial charge < -0.3 is 4.43 Å². The molecule has 2 unspecified atom stereocenters. The summed E-state index contributed by atoms with van der Waals surface area (Å²) >= 11 is 0. The first-order chi connectivity index (χ1) is 10.8. The molecule has 0 saturated heterocycles. The lowest BCUT2D eigenvalue weighted by molar-refractivity contribution is 0.300. The highest BCUT2D eigenvalue weighted by molar-refractivity contribution is 6.58. The van der Waals surface area contributed by atoms with Crippen LogP contribution in [0.1, 0.15) is 67.2 Å². The largest absolute Gasteiger partial charge is 0.413 e. The summed E-state index contributed by atoms with van der Waals surface area (Å²) in [6.45, 7) is 13.9. The third-order valence-corrected chi connectivity index (χ3v) is 9.50. The monoisotopic (exact) mass is 335 g/mol. The molecule has 0 aliphatic heterocycles. The molecular weight excluding hydrogens is 302 g/mol. The van der Waals surface area contributed by atoms with Crippen molar-refractivity contribution in [1.29, 1.82) is 0 Å². The Hall–Kier alpha value is -1.03. The topological polar surface area (TPSA) is 58.0 Å². The van der Waals surface area contributed by atoms with Crippen LogP contribution in [0.25, 0.3) is 10.4 Å². The fourth-order valence-electron chi connectivity index (χ4n) is 3.25. The Morgan fingerprint density at radius 3 is 2.43 bits per heavy atom. The van der Waals surface area contributed by atoms with Crippen molar-refractivity contribution in [2.24, 2.45) is 10.5 Å². The second kappa shape index (κ2) is 8.72. The first-order valence-electron chi connectivity index (χ1n) is 8.86. The smallest absolute Gasteiger partial charge is 0.189 e. The molecule has 130 valence electrons. The van der Waals surface area contributed by atoms with Crippen LogP contribution in [-0.2, 0) is 4.43 Å². The maximum atomic E-state index is 8.53. The van der Waals surface area contributed by atoms with Crippen molar-refractivity contribution < 1.29 is 4.43 Å². The van der Waals surface area contributed by atoms with E-state index < -0.39 is 9.04 Å². The van der Waals surface area contributed by atoms with E-state index in [-0.39, 0.29) is 17.2 Å². The van der Waals surface area contributed by atoms with Crippen molar-refractivity contribution in [3.63, 3.8) is 0 Å². The van der Waals surface area contributed by atoms with Gasteiger partial charge in [-0.2, -0.15) is 0 Å². The summed E-state index contributed by atoms with van der Waals surface area (Å²) in [6.07, 6.45) is 11.5. The van der Waals surface area contributed by atoms with Crippen LogP contribution in [-0.4, -0.2) is 15.8 Å². The van der Waals surface area contributed by atoms with Crippen molar-refractivity contribution in [3.05, 3.63) is 34.2 Å². The molecule has 0 N–H and O–H groups in total. The van der Waals surface area contributed by atoms with Crippen molar-refractivity contribution in [1.82, 2.24) is 0 Å². The molecule has 0 fully saturated rings. The first-order valence-corrected chi connectivity index (χ1v) is 10.6. The molecule has 0 aromatic carbocycles. The van der Waals surface area contributed by atoms with Crippen molar-refractivity contribution in [2.75, 3.05) is 6.73 Å². The van der Waals surface area contributed by atoms with Gasteiger partial charge in [0.15, 0.2) is 9.04 Å². The summed E-state index contributed by atoms with van der Waals surface area (Å²) in [5.41, 5.74) is 10.7. The average Bonchev–Trinajstić information content (AvgIpc) is 2.58. The third-order valence-electron chi connectivity index (χ3n) is 5.80. The van der Waals surface area contributed by atoms with E-state index in [1.54, 1.807) is 0 Å². The Labute approximate surface area is 143 Å². The van der Waals surface area contributed by atoms with Gasteiger partial charge in [0, 0.05) is 4.91 Å². The first kappa shape index (κ1) is 20.0. The minimum atomic E-state index is -1.58. The number of azide groups is 1. The minimum Gasteiger partial charge on any atom is -0.413 e. The van der Waals surface area contributed by atoms with E-state index in [4.69, 9.17) is 9.96 Å². The molecule has 1 aliphatic carbocycles. The van der Waals surface area contributed by atoms with E-state index in [0.29, 0.717) is 5.54 Å². The van der Waals surface area contributed by atoms with Gasteiger partial charge in [0.1, 0.15) is 6.73 Å². The molecule has 2 atom stereocenters. The van der Waals surface area contributed by atoms with Gasteiger partial charge in [-0.25, -0.2) is 0 Å². The van der Waals surface area contributed by atoms with Crippen molar-refractivity contribution >= 4 is 9.04 Å². The summed E-state index contributed by atoms with van der Waals surface area (Å²) in [7, 11) is -1.58. The highest BCUT2D eigenvalue weighted by Gasteiger charge is 2.38. The predicted octanol–water partition coefficient (Wildman–Crippen LogP) is 6.27. The van der Waals surface area contributed by atoms with Crippen LogP contribution >= 0.6 is 0 Å². The number of hydrogen-bond acceptors (Lipinski definition) is 2. The Morgan fingerprint density at radius 1 is 1.26 bits per heavy atom. The fraction of sp³-hybridized carbons (Fsp3) is 0.778. The number of nitrogens with zero attached hydrogens (tertiary/aromatic N) is 3. The number of hydrogen-bond donors (Lipinski definition) is 0. The lowest BCUT2D eigenvalue weighted by Gasteiger charge is -2.38. The Balaban J connectivity index is 3.08. The van der Waals surface area contributed by atoms with E-state index in [1.807, 2.05) is 0 Å². The zero-order valence-electron chi connectivity index (χ0n) is 15.7. The van der Waals surface area contributed by atoms with Crippen LogP contribution in [0.4, 0.5) is 0 Å². The molecule has 1 rings (SSSR count). The highest BCUT2D eigenvalue weighted by Crippen LogP contribution is 2.45. The van der Waals surface area contributed by atoms with Crippen LogP contribution < -0.4 is 0 Å². The fourth-order valence-corrected chi connectivity index (χ4v) is 6.52. The lowest BCUT2D eigenvalue weighted by atomic mass is 9.75.